The van der Waals surface area contributed by atoms with Gasteiger partial charge in [0.15, 0.2) is 15.9 Å². The summed E-state index contributed by atoms with van der Waals surface area (Å²) in [5.74, 6) is -0.849. The molecule has 0 bridgehead atoms. The number of hydrogen-bond donors (Lipinski definition) is 0. The molecule has 4 nitrogen and oxygen atoms in total. The number of carbonyl (C=O) groups is 2. The zero-order valence-corrected chi connectivity index (χ0v) is 9.24. The summed E-state index contributed by atoms with van der Waals surface area (Å²) in [5.41, 5.74) is 0.00866. The molecule has 1 rings (SSSR count). The average molecular weight is 234 g/mol. The second-order valence-electron chi connectivity index (χ2n) is 2.42. The van der Waals surface area contributed by atoms with Gasteiger partial charge >= 0.3 is 5.97 Å². The van der Waals surface area contributed by atoms with E-state index in [-0.39, 0.29) is 27.4 Å². The molecule has 0 saturated heterocycles. The minimum atomic E-state index is -0.610. The van der Waals surface area contributed by atoms with Gasteiger partial charge in [-0.1, -0.05) is 22.9 Å². The average Bonchev–Trinajstić information content (AvgIpc) is 2.48. The Hall–Kier alpha value is -0.940. The van der Waals surface area contributed by atoms with Gasteiger partial charge in [-0.25, -0.2) is 9.78 Å². The maximum absolute atomic E-state index is 11.3. The summed E-state index contributed by atoms with van der Waals surface area (Å²) in [6.45, 7) is 3.28. The summed E-state index contributed by atoms with van der Waals surface area (Å²) in [5, 5.41) is 0. The Morgan fingerprint density at radius 1 is 1.57 bits per heavy atom. The molecule has 0 radical (unpaired) electrons. The first kappa shape index (κ1) is 11.1. The van der Waals surface area contributed by atoms with Crippen molar-refractivity contribution in [3.8, 4) is 0 Å². The molecule has 0 N–H and O–H groups in total. The van der Waals surface area contributed by atoms with E-state index in [1.165, 1.54) is 6.92 Å². The van der Waals surface area contributed by atoms with Crippen LogP contribution in [0.4, 0.5) is 0 Å². The Labute approximate surface area is 89.9 Å². The summed E-state index contributed by atoms with van der Waals surface area (Å²) < 4.78 is 4.89. The first-order chi connectivity index (χ1) is 6.56. The summed E-state index contributed by atoms with van der Waals surface area (Å²) in [4.78, 5) is 26.4. The van der Waals surface area contributed by atoms with Crippen LogP contribution in [0.15, 0.2) is 0 Å². The summed E-state index contributed by atoms with van der Waals surface area (Å²) in [6.07, 6.45) is 0. The van der Waals surface area contributed by atoms with Crippen LogP contribution in [0, 0.1) is 0 Å². The van der Waals surface area contributed by atoms with Crippen molar-refractivity contribution in [3.05, 3.63) is 15.0 Å². The number of aromatic nitrogens is 1. The molecule has 0 saturated carbocycles. The van der Waals surface area contributed by atoms with Crippen LogP contribution in [-0.2, 0) is 4.74 Å². The topological polar surface area (TPSA) is 56.3 Å². The van der Waals surface area contributed by atoms with Crippen LogP contribution in [0.25, 0.3) is 0 Å². The van der Waals surface area contributed by atoms with E-state index < -0.39 is 5.97 Å². The minimum absolute atomic E-state index is 0.00866. The molecule has 0 unspecified atom stereocenters. The van der Waals surface area contributed by atoms with Crippen molar-refractivity contribution in [2.24, 2.45) is 0 Å². The number of ketones is 1. The Morgan fingerprint density at radius 2 is 2.21 bits per heavy atom. The second-order valence-corrected chi connectivity index (χ2v) is 4.00. The number of nitrogens with zero attached hydrogens (tertiary/aromatic N) is 1. The van der Waals surface area contributed by atoms with Crippen molar-refractivity contribution in [3.63, 3.8) is 0 Å². The van der Waals surface area contributed by atoms with E-state index in [9.17, 15) is 9.59 Å². The zero-order chi connectivity index (χ0) is 10.7. The van der Waals surface area contributed by atoms with Gasteiger partial charge in [-0.3, -0.25) is 4.79 Å². The molecule has 14 heavy (non-hydrogen) atoms. The van der Waals surface area contributed by atoms with E-state index in [2.05, 4.69) is 4.98 Å². The Bertz CT molecular complexity index is 375. The number of carbonyl (C=O) groups excluding carboxylic acids is 2. The lowest BCUT2D eigenvalue weighted by atomic mass is 10.3. The molecule has 1 aromatic heterocycles. The number of halogens is 1. The molecular weight excluding hydrogens is 226 g/mol. The smallest absolute Gasteiger partial charge is 0.358 e. The molecule has 6 heteroatoms. The zero-order valence-electron chi connectivity index (χ0n) is 7.67. The van der Waals surface area contributed by atoms with Gasteiger partial charge in [-0.2, -0.15) is 0 Å². The van der Waals surface area contributed by atoms with E-state index in [0.29, 0.717) is 0 Å². The standard InChI is InChI=1S/C8H8ClNO3S/c1-3-13-7(12)5-6(4(2)11)14-8(9)10-5/h3H2,1-2H3. The number of hydrogen-bond acceptors (Lipinski definition) is 5. The quantitative estimate of drug-likeness (QED) is 0.593. The number of esters is 1. The molecule has 0 aliphatic carbocycles. The Kier molecular flexibility index (Phi) is 3.60. The fraction of sp³-hybridized carbons (Fsp3) is 0.375. The largest absolute Gasteiger partial charge is 0.461 e. The van der Waals surface area contributed by atoms with Gasteiger partial charge in [0.1, 0.15) is 4.88 Å². The molecule has 0 aliphatic heterocycles. The van der Waals surface area contributed by atoms with Crippen molar-refractivity contribution < 1.29 is 14.3 Å². The molecule has 1 heterocycles. The highest BCUT2D eigenvalue weighted by Crippen LogP contribution is 2.23. The molecule has 0 atom stereocenters. The lowest BCUT2D eigenvalue weighted by molar-refractivity contribution is 0.0517. The maximum Gasteiger partial charge on any atom is 0.358 e. The van der Waals surface area contributed by atoms with Gasteiger partial charge in [-0.05, 0) is 6.92 Å². The third kappa shape index (κ3) is 2.30. The van der Waals surface area contributed by atoms with Crippen LogP contribution in [0.1, 0.15) is 34.0 Å². The van der Waals surface area contributed by atoms with Crippen LogP contribution in [0.2, 0.25) is 4.47 Å². The Balaban J connectivity index is 3.06. The van der Waals surface area contributed by atoms with E-state index in [4.69, 9.17) is 16.3 Å². The normalized spacial score (nSPS) is 9.93. The number of Topliss-reactive ketones (excluding diaryl/α,β-unsaturated/α-hetero) is 1. The summed E-state index contributed by atoms with van der Waals surface area (Å²) in [7, 11) is 0. The van der Waals surface area contributed by atoms with E-state index >= 15 is 0 Å². The van der Waals surface area contributed by atoms with Crippen molar-refractivity contribution in [1.82, 2.24) is 4.98 Å². The number of thiazole rings is 1. The minimum Gasteiger partial charge on any atom is -0.461 e. The SMILES string of the molecule is CCOC(=O)c1nc(Cl)sc1C(C)=O. The van der Waals surface area contributed by atoms with E-state index in [1.54, 1.807) is 6.92 Å². The van der Waals surface area contributed by atoms with Crippen molar-refractivity contribution in [1.29, 1.82) is 0 Å². The number of rotatable bonds is 3. The maximum atomic E-state index is 11.3. The van der Waals surface area contributed by atoms with Crippen molar-refractivity contribution in [2.75, 3.05) is 6.61 Å². The fourth-order valence-electron chi connectivity index (χ4n) is 0.870. The molecule has 0 aliphatic rings. The molecule has 0 fully saturated rings. The molecule has 0 spiro atoms. The highest BCUT2D eigenvalue weighted by molar-refractivity contribution is 7.17. The van der Waals surface area contributed by atoms with Gasteiger partial charge in [-0.15, -0.1) is 0 Å². The van der Waals surface area contributed by atoms with Crippen LogP contribution < -0.4 is 0 Å². The summed E-state index contributed by atoms with van der Waals surface area (Å²) >= 11 is 6.58. The molecule has 76 valence electrons. The van der Waals surface area contributed by atoms with E-state index in [1.807, 2.05) is 0 Å². The first-order valence-corrected chi connectivity index (χ1v) is 5.10. The third-order valence-corrected chi connectivity index (χ3v) is 2.65. The van der Waals surface area contributed by atoms with E-state index in [0.717, 1.165) is 11.3 Å². The summed E-state index contributed by atoms with van der Waals surface area (Å²) in [6, 6.07) is 0. The second kappa shape index (κ2) is 4.52. The van der Waals surface area contributed by atoms with Gasteiger partial charge in [0.25, 0.3) is 0 Å². The highest BCUT2D eigenvalue weighted by atomic mass is 35.5. The van der Waals surface area contributed by atoms with Crippen LogP contribution in [0.5, 0.6) is 0 Å². The molecular formula is C8H8ClNO3S. The van der Waals surface area contributed by atoms with Crippen LogP contribution >= 0.6 is 22.9 Å². The molecule has 0 aromatic carbocycles. The van der Waals surface area contributed by atoms with Gasteiger partial charge in [0.2, 0.25) is 0 Å². The molecule has 1 aromatic rings. The lowest BCUT2D eigenvalue weighted by Gasteiger charge is -1.98. The van der Waals surface area contributed by atoms with Gasteiger partial charge in [0, 0.05) is 6.92 Å². The molecule has 0 amide bonds. The van der Waals surface area contributed by atoms with Crippen LogP contribution in [-0.4, -0.2) is 23.3 Å². The highest BCUT2D eigenvalue weighted by Gasteiger charge is 2.21. The monoisotopic (exact) mass is 233 g/mol. The third-order valence-electron chi connectivity index (χ3n) is 1.39. The van der Waals surface area contributed by atoms with Crippen LogP contribution in [0.3, 0.4) is 0 Å². The Morgan fingerprint density at radius 3 is 2.71 bits per heavy atom. The predicted molar refractivity (Wildman–Crippen MR) is 53.1 cm³/mol. The lowest BCUT2D eigenvalue weighted by Crippen LogP contribution is -2.09. The van der Waals surface area contributed by atoms with Crippen molar-refractivity contribution >= 4 is 34.7 Å². The van der Waals surface area contributed by atoms with Gasteiger partial charge < -0.3 is 4.74 Å². The number of ether oxygens (including phenoxy) is 1. The van der Waals surface area contributed by atoms with Crippen molar-refractivity contribution in [2.45, 2.75) is 13.8 Å². The van der Waals surface area contributed by atoms with Gasteiger partial charge in [0.05, 0.1) is 6.61 Å². The fourth-order valence-corrected chi connectivity index (χ4v) is 1.86. The first-order valence-electron chi connectivity index (χ1n) is 3.90. The predicted octanol–water partition coefficient (Wildman–Crippen LogP) is 2.18.